The molecule has 1 aliphatic heterocycles. The van der Waals surface area contributed by atoms with Gasteiger partial charge in [0.1, 0.15) is 5.69 Å². The van der Waals surface area contributed by atoms with Crippen LogP contribution in [0.25, 0.3) is 22.0 Å². The number of pyridine rings is 1. The number of hydrogen-bond acceptors (Lipinski definition) is 4. The summed E-state index contributed by atoms with van der Waals surface area (Å²) in [5.74, 6) is 0.0160. The fourth-order valence-corrected chi connectivity index (χ4v) is 4.59. The van der Waals surface area contributed by atoms with E-state index in [4.69, 9.17) is 5.73 Å². The highest BCUT2D eigenvalue weighted by atomic mass is 16.1. The summed E-state index contributed by atoms with van der Waals surface area (Å²) in [6.07, 6.45) is 3.48. The van der Waals surface area contributed by atoms with Crippen molar-refractivity contribution in [3.05, 3.63) is 57.9 Å². The van der Waals surface area contributed by atoms with Crippen LogP contribution in [0.5, 0.6) is 0 Å². The van der Waals surface area contributed by atoms with Gasteiger partial charge in [-0.25, -0.2) is 0 Å². The summed E-state index contributed by atoms with van der Waals surface area (Å²) in [4.78, 5) is 28.5. The molecule has 2 aliphatic rings. The summed E-state index contributed by atoms with van der Waals surface area (Å²) in [6.45, 7) is 1.90. The second kappa shape index (κ2) is 5.71. The molecule has 5 rings (SSSR count). The van der Waals surface area contributed by atoms with E-state index in [-0.39, 0.29) is 17.0 Å². The molecule has 0 bridgehead atoms. The van der Waals surface area contributed by atoms with Gasteiger partial charge in [0.2, 0.25) is 0 Å². The molecule has 1 aliphatic carbocycles. The molecule has 0 unspecified atom stereocenters. The average molecular weight is 359 g/mol. The molecular formula is C22H21N3O2. The number of nitrogens with two attached hydrogens (primary N) is 1. The number of anilines is 2. The van der Waals surface area contributed by atoms with Gasteiger partial charge in [0.25, 0.3) is 5.56 Å². The van der Waals surface area contributed by atoms with Crippen molar-refractivity contribution < 1.29 is 4.79 Å². The van der Waals surface area contributed by atoms with Gasteiger partial charge >= 0.3 is 0 Å². The fourth-order valence-electron chi connectivity index (χ4n) is 4.59. The van der Waals surface area contributed by atoms with Crippen LogP contribution in [0.4, 0.5) is 11.4 Å². The van der Waals surface area contributed by atoms with Gasteiger partial charge in [-0.2, -0.15) is 0 Å². The molecule has 0 amide bonds. The van der Waals surface area contributed by atoms with E-state index in [0.29, 0.717) is 16.7 Å². The molecule has 136 valence electrons. The molecule has 2 heterocycles. The Balaban J connectivity index is 1.96. The lowest BCUT2D eigenvalue weighted by molar-refractivity contribution is 0.104. The number of nitrogen functional groups attached to an aromatic ring is 1. The van der Waals surface area contributed by atoms with Crippen LogP contribution in [0.2, 0.25) is 0 Å². The number of carbonyl (C=O) groups is 1. The van der Waals surface area contributed by atoms with Crippen molar-refractivity contribution in [1.29, 1.82) is 0 Å². The summed E-state index contributed by atoms with van der Waals surface area (Å²) in [5, 5.41) is 0.807. The molecule has 2 N–H and O–H groups in total. The van der Waals surface area contributed by atoms with E-state index in [2.05, 4.69) is 4.90 Å². The fraction of sp³-hybridized carbons (Fsp3) is 0.273. The van der Waals surface area contributed by atoms with Crippen molar-refractivity contribution in [1.82, 2.24) is 4.57 Å². The zero-order chi connectivity index (χ0) is 18.7. The molecule has 3 aromatic rings. The van der Waals surface area contributed by atoms with Gasteiger partial charge < -0.3 is 15.2 Å². The SMILES string of the molecule is Cn1c(=O)c(N)c2c3c(c(N4CCCCC4)ccc31)C(=O)c1ccccc1-2. The predicted molar refractivity (Wildman–Crippen MR) is 109 cm³/mol. The number of ketones is 1. The summed E-state index contributed by atoms with van der Waals surface area (Å²) >= 11 is 0. The normalized spacial score (nSPS) is 15.9. The van der Waals surface area contributed by atoms with Crippen molar-refractivity contribution in [3.63, 3.8) is 0 Å². The Labute approximate surface area is 157 Å². The quantitative estimate of drug-likeness (QED) is 0.566. The van der Waals surface area contributed by atoms with Crippen molar-refractivity contribution >= 4 is 28.1 Å². The van der Waals surface area contributed by atoms with Gasteiger partial charge in [-0.1, -0.05) is 24.3 Å². The molecule has 0 radical (unpaired) electrons. The zero-order valence-electron chi connectivity index (χ0n) is 15.3. The molecule has 27 heavy (non-hydrogen) atoms. The summed E-state index contributed by atoms with van der Waals surface area (Å²) in [5.41, 5.74) is 10.8. The lowest BCUT2D eigenvalue weighted by Crippen LogP contribution is -2.32. The summed E-state index contributed by atoms with van der Waals surface area (Å²) in [7, 11) is 1.72. The standard InChI is InChI=1S/C22H21N3O2/c1-24-15-9-10-16(25-11-5-2-6-12-25)19-18(15)17(20(23)22(24)27)13-7-3-4-8-14(13)21(19)26/h3-4,7-10H,2,5-6,11-12,23H2,1H3. The van der Waals surface area contributed by atoms with Gasteiger partial charge in [0.05, 0.1) is 11.1 Å². The minimum Gasteiger partial charge on any atom is -0.394 e. The van der Waals surface area contributed by atoms with Crippen LogP contribution in [0.3, 0.4) is 0 Å². The number of piperidine rings is 1. The van der Waals surface area contributed by atoms with E-state index in [1.54, 1.807) is 11.6 Å². The number of aromatic nitrogens is 1. The Bertz CT molecular complexity index is 1170. The number of nitrogens with zero attached hydrogens (tertiary/aromatic N) is 2. The van der Waals surface area contributed by atoms with Gasteiger partial charge in [0, 0.05) is 42.3 Å². The maximum absolute atomic E-state index is 13.5. The second-order valence-corrected chi connectivity index (χ2v) is 7.43. The number of aryl methyl sites for hydroxylation is 1. The Kier molecular flexibility index (Phi) is 3.41. The van der Waals surface area contributed by atoms with Crippen molar-refractivity contribution in [2.75, 3.05) is 23.7 Å². The van der Waals surface area contributed by atoms with Crippen LogP contribution in [0.1, 0.15) is 35.2 Å². The first-order valence-corrected chi connectivity index (χ1v) is 9.44. The Morgan fingerprint density at radius 1 is 0.889 bits per heavy atom. The third-order valence-corrected chi connectivity index (χ3v) is 5.94. The topological polar surface area (TPSA) is 68.3 Å². The number of fused-ring (bicyclic) bond motifs is 2. The number of carbonyl (C=O) groups excluding carboxylic acids is 1. The van der Waals surface area contributed by atoms with Gasteiger partial charge in [-0.05, 0) is 37.0 Å². The molecular weight excluding hydrogens is 338 g/mol. The molecule has 1 fully saturated rings. The van der Waals surface area contributed by atoms with Crippen molar-refractivity contribution in [3.8, 4) is 11.1 Å². The van der Waals surface area contributed by atoms with Crippen LogP contribution >= 0.6 is 0 Å². The predicted octanol–water partition coefficient (Wildman–Crippen LogP) is 3.32. The Morgan fingerprint density at radius 3 is 2.33 bits per heavy atom. The average Bonchev–Trinajstić information content (AvgIpc) is 2.72. The minimum atomic E-state index is -0.224. The van der Waals surface area contributed by atoms with Gasteiger partial charge in [0.15, 0.2) is 5.78 Å². The van der Waals surface area contributed by atoms with E-state index in [1.807, 2.05) is 36.4 Å². The third-order valence-electron chi connectivity index (χ3n) is 5.94. The smallest absolute Gasteiger partial charge is 0.274 e. The van der Waals surface area contributed by atoms with E-state index < -0.39 is 0 Å². The molecule has 0 atom stereocenters. The first kappa shape index (κ1) is 16.1. The Morgan fingerprint density at radius 2 is 1.59 bits per heavy atom. The van der Waals surface area contributed by atoms with E-state index >= 15 is 0 Å². The highest BCUT2D eigenvalue weighted by molar-refractivity contribution is 6.29. The maximum atomic E-state index is 13.5. The van der Waals surface area contributed by atoms with Crippen LogP contribution in [-0.2, 0) is 7.05 Å². The lowest BCUT2D eigenvalue weighted by atomic mass is 9.82. The highest BCUT2D eigenvalue weighted by Gasteiger charge is 2.32. The molecule has 5 nitrogen and oxygen atoms in total. The van der Waals surface area contributed by atoms with Gasteiger partial charge in [-0.15, -0.1) is 0 Å². The molecule has 0 spiro atoms. The van der Waals surface area contributed by atoms with Crippen molar-refractivity contribution in [2.24, 2.45) is 7.05 Å². The van der Waals surface area contributed by atoms with E-state index in [9.17, 15) is 9.59 Å². The molecule has 2 aromatic carbocycles. The largest absolute Gasteiger partial charge is 0.394 e. The molecule has 1 saturated heterocycles. The van der Waals surface area contributed by atoms with E-state index in [0.717, 1.165) is 48.1 Å². The van der Waals surface area contributed by atoms with Crippen LogP contribution < -0.4 is 16.2 Å². The number of hydrogen-bond donors (Lipinski definition) is 1. The highest BCUT2D eigenvalue weighted by Crippen LogP contribution is 2.44. The molecule has 1 aromatic heterocycles. The van der Waals surface area contributed by atoms with E-state index in [1.165, 1.54) is 6.42 Å². The monoisotopic (exact) mass is 359 g/mol. The third kappa shape index (κ3) is 2.11. The summed E-state index contributed by atoms with van der Waals surface area (Å²) in [6, 6.07) is 11.4. The van der Waals surface area contributed by atoms with Crippen LogP contribution in [0, 0.1) is 0 Å². The summed E-state index contributed by atoms with van der Waals surface area (Å²) < 4.78 is 1.55. The lowest BCUT2D eigenvalue weighted by Gasteiger charge is -2.33. The first-order valence-electron chi connectivity index (χ1n) is 9.44. The van der Waals surface area contributed by atoms with Crippen molar-refractivity contribution in [2.45, 2.75) is 19.3 Å². The van der Waals surface area contributed by atoms with Gasteiger partial charge in [-0.3, -0.25) is 9.59 Å². The first-order chi connectivity index (χ1) is 13.1. The molecule has 0 saturated carbocycles. The molecule has 5 heteroatoms. The number of rotatable bonds is 1. The zero-order valence-corrected chi connectivity index (χ0v) is 15.3. The minimum absolute atomic E-state index is 0.0160. The maximum Gasteiger partial charge on any atom is 0.274 e. The number of benzene rings is 2. The van der Waals surface area contributed by atoms with Crippen LogP contribution in [-0.4, -0.2) is 23.4 Å². The van der Waals surface area contributed by atoms with Crippen LogP contribution in [0.15, 0.2) is 41.2 Å². The second-order valence-electron chi connectivity index (χ2n) is 7.43. The Hall–Kier alpha value is -3.08.